The van der Waals surface area contributed by atoms with Crippen LogP contribution in [0.2, 0.25) is 0 Å². The standard InChI is InChI=1S/C33H40N4O2S/c1-6-9-10-17-36(8-3)33-30(7-2)32(25(4)37(33)21-27-16-18-40-23-27)34-24-35(20-26-14-15-26)22-31(38)28-12-11-13-29(19-28)39-5/h2,11-13,16,18-20,23-24H,6,8-10,14-15,17,21-22H2,1,3-5H3. The number of ketones is 1. The Morgan fingerprint density at radius 3 is 2.73 bits per heavy atom. The van der Waals surface area contributed by atoms with Crippen LogP contribution < -0.4 is 9.64 Å². The second-order valence-corrected chi connectivity index (χ2v) is 10.9. The summed E-state index contributed by atoms with van der Waals surface area (Å²) < 4.78 is 7.62. The van der Waals surface area contributed by atoms with Gasteiger partial charge in [0.05, 0.1) is 32.1 Å². The number of unbranched alkanes of at least 4 members (excludes halogenated alkanes) is 2. The second-order valence-electron chi connectivity index (χ2n) is 10.1. The fourth-order valence-electron chi connectivity index (χ4n) is 4.79. The number of carbonyl (C=O) groups is 1. The van der Waals surface area contributed by atoms with Gasteiger partial charge < -0.3 is 19.1 Å². The highest BCUT2D eigenvalue weighted by atomic mass is 32.1. The summed E-state index contributed by atoms with van der Waals surface area (Å²) in [5, 5.41) is 4.29. The average molecular weight is 557 g/mol. The van der Waals surface area contributed by atoms with E-state index in [1.165, 1.54) is 24.0 Å². The van der Waals surface area contributed by atoms with Crippen molar-refractivity contribution in [2.24, 2.45) is 4.99 Å². The number of hydrogen-bond acceptors (Lipinski definition) is 5. The van der Waals surface area contributed by atoms with Crippen LogP contribution in [0.25, 0.3) is 0 Å². The molecule has 1 aromatic carbocycles. The van der Waals surface area contributed by atoms with Crippen molar-refractivity contribution in [3.05, 3.63) is 75.2 Å². The second kappa shape index (κ2) is 14.0. The summed E-state index contributed by atoms with van der Waals surface area (Å²) in [5.41, 5.74) is 5.79. The number of Topliss-reactive ketones (excluding diaryl/α,β-unsaturated/α-hetero) is 1. The maximum atomic E-state index is 13.2. The Labute approximate surface area is 243 Å². The summed E-state index contributed by atoms with van der Waals surface area (Å²) in [5.74, 6) is 4.70. The number of thiophene rings is 1. The highest BCUT2D eigenvalue weighted by Crippen LogP contribution is 2.37. The summed E-state index contributed by atoms with van der Waals surface area (Å²) in [6.07, 6.45) is 15.6. The SMILES string of the molecule is C#Cc1c(N=CN(C=C2CC2)CC(=O)c2cccc(OC)c2)c(C)n(Cc2ccsc2)c1N(CC)CCCCC. The first-order valence-corrected chi connectivity index (χ1v) is 15.1. The van der Waals surface area contributed by atoms with Crippen molar-refractivity contribution in [2.45, 2.75) is 59.4 Å². The van der Waals surface area contributed by atoms with Gasteiger partial charge in [0.15, 0.2) is 5.78 Å². The van der Waals surface area contributed by atoms with Crippen LogP contribution in [-0.2, 0) is 6.54 Å². The van der Waals surface area contributed by atoms with Gasteiger partial charge in [0.25, 0.3) is 0 Å². The molecule has 1 aliphatic rings. The van der Waals surface area contributed by atoms with Crippen molar-refractivity contribution in [3.8, 4) is 18.1 Å². The molecule has 0 amide bonds. The highest BCUT2D eigenvalue weighted by Gasteiger charge is 2.24. The Balaban J connectivity index is 1.69. The molecule has 0 radical (unpaired) electrons. The number of ether oxygens (including phenoxy) is 1. The summed E-state index contributed by atoms with van der Waals surface area (Å²) in [6, 6.07) is 9.43. The van der Waals surface area contributed by atoms with E-state index in [0.29, 0.717) is 11.3 Å². The monoisotopic (exact) mass is 556 g/mol. The summed E-state index contributed by atoms with van der Waals surface area (Å²) in [7, 11) is 1.60. The lowest BCUT2D eigenvalue weighted by atomic mass is 10.1. The average Bonchev–Trinajstić information content (AvgIpc) is 3.56. The van der Waals surface area contributed by atoms with Crippen molar-refractivity contribution in [2.75, 3.05) is 31.6 Å². The maximum absolute atomic E-state index is 13.2. The van der Waals surface area contributed by atoms with E-state index in [-0.39, 0.29) is 12.3 Å². The van der Waals surface area contributed by atoms with E-state index in [1.807, 2.05) is 29.3 Å². The number of aliphatic imine (C=N–C) groups is 1. The van der Waals surface area contributed by atoms with E-state index in [0.717, 1.165) is 61.7 Å². The summed E-state index contributed by atoms with van der Waals surface area (Å²) in [6.45, 7) is 9.23. The van der Waals surface area contributed by atoms with Gasteiger partial charge in [-0.1, -0.05) is 43.4 Å². The van der Waals surface area contributed by atoms with Crippen molar-refractivity contribution < 1.29 is 9.53 Å². The number of methoxy groups -OCH3 is 1. The molecule has 1 fully saturated rings. The molecule has 7 heteroatoms. The number of rotatable bonds is 15. The van der Waals surface area contributed by atoms with Crippen LogP contribution in [0.3, 0.4) is 0 Å². The van der Waals surface area contributed by atoms with Crippen LogP contribution in [-0.4, -0.2) is 48.3 Å². The molecule has 0 atom stereocenters. The van der Waals surface area contributed by atoms with Crippen LogP contribution in [0.1, 0.15) is 73.1 Å². The van der Waals surface area contributed by atoms with Crippen LogP contribution in [0, 0.1) is 19.3 Å². The number of aromatic nitrogens is 1. The lowest BCUT2D eigenvalue weighted by Crippen LogP contribution is -2.27. The molecule has 2 aromatic heterocycles. The van der Waals surface area contributed by atoms with Crippen LogP contribution in [0.15, 0.2) is 57.9 Å². The van der Waals surface area contributed by atoms with Gasteiger partial charge in [0.1, 0.15) is 17.3 Å². The van der Waals surface area contributed by atoms with E-state index in [9.17, 15) is 4.79 Å². The lowest BCUT2D eigenvalue weighted by Gasteiger charge is -2.26. The van der Waals surface area contributed by atoms with Crippen LogP contribution in [0.5, 0.6) is 5.75 Å². The molecule has 0 aliphatic heterocycles. The molecule has 0 bridgehead atoms. The predicted octanol–water partition coefficient (Wildman–Crippen LogP) is 7.44. The minimum absolute atomic E-state index is 0.000504. The molecular weight excluding hydrogens is 516 g/mol. The molecule has 0 unspecified atom stereocenters. The van der Waals surface area contributed by atoms with Gasteiger partial charge >= 0.3 is 0 Å². The first kappa shape index (κ1) is 29.2. The van der Waals surface area contributed by atoms with Crippen molar-refractivity contribution >= 4 is 35.0 Å². The fraction of sp³-hybridized carbons (Fsp3) is 0.394. The molecule has 3 aromatic rings. The van der Waals surface area contributed by atoms with Gasteiger partial charge in [-0.15, -0.1) is 6.42 Å². The van der Waals surface area contributed by atoms with Gasteiger partial charge in [-0.25, -0.2) is 4.99 Å². The minimum Gasteiger partial charge on any atom is -0.497 e. The van der Waals surface area contributed by atoms with Gasteiger partial charge in [0, 0.05) is 30.5 Å². The molecule has 0 saturated heterocycles. The zero-order valence-corrected chi connectivity index (χ0v) is 25.0. The Morgan fingerprint density at radius 1 is 1.25 bits per heavy atom. The fourth-order valence-corrected chi connectivity index (χ4v) is 5.45. The molecule has 1 aliphatic carbocycles. The smallest absolute Gasteiger partial charge is 0.182 e. The van der Waals surface area contributed by atoms with E-state index < -0.39 is 0 Å². The van der Waals surface area contributed by atoms with Gasteiger partial charge in [-0.05, 0) is 67.6 Å². The number of anilines is 1. The highest BCUT2D eigenvalue weighted by molar-refractivity contribution is 7.07. The summed E-state index contributed by atoms with van der Waals surface area (Å²) in [4.78, 5) is 22.4. The van der Waals surface area contributed by atoms with Gasteiger partial charge in [-0.2, -0.15) is 11.3 Å². The Morgan fingerprint density at radius 2 is 2.08 bits per heavy atom. The van der Waals surface area contributed by atoms with Crippen LogP contribution >= 0.6 is 11.3 Å². The number of terminal acetylenes is 1. The number of carbonyl (C=O) groups excluding carboxylic acids is 1. The number of benzene rings is 1. The lowest BCUT2D eigenvalue weighted by molar-refractivity contribution is 0.0975. The first-order valence-electron chi connectivity index (χ1n) is 14.1. The van der Waals surface area contributed by atoms with Crippen molar-refractivity contribution in [1.29, 1.82) is 0 Å². The minimum atomic E-state index is 0.000504. The van der Waals surface area contributed by atoms with Gasteiger partial charge in [0.2, 0.25) is 0 Å². The molecule has 0 spiro atoms. The molecule has 2 heterocycles. The molecule has 6 nitrogen and oxygen atoms in total. The topological polar surface area (TPSA) is 50.1 Å². The van der Waals surface area contributed by atoms with E-state index >= 15 is 0 Å². The largest absolute Gasteiger partial charge is 0.497 e. The molecule has 4 rings (SSSR count). The quantitative estimate of drug-likeness (QED) is 0.0642. The molecule has 40 heavy (non-hydrogen) atoms. The zero-order valence-electron chi connectivity index (χ0n) is 24.2. The predicted molar refractivity (Wildman–Crippen MR) is 167 cm³/mol. The third kappa shape index (κ3) is 7.25. The van der Waals surface area contributed by atoms with E-state index in [2.05, 4.69) is 53.0 Å². The number of nitrogens with zero attached hydrogens (tertiary/aromatic N) is 4. The zero-order chi connectivity index (χ0) is 28.5. The van der Waals surface area contributed by atoms with Crippen molar-refractivity contribution in [1.82, 2.24) is 9.47 Å². The maximum Gasteiger partial charge on any atom is 0.182 e. The number of hydrogen-bond donors (Lipinski definition) is 0. The van der Waals surface area contributed by atoms with E-state index in [4.69, 9.17) is 16.2 Å². The third-order valence-corrected chi connectivity index (χ3v) is 7.91. The normalized spacial score (nSPS) is 12.4. The first-order chi connectivity index (χ1) is 19.5. The molecule has 210 valence electrons. The Bertz CT molecular complexity index is 1390. The molecule has 0 N–H and O–H groups in total. The molecule has 1 saturated carbocycles. The Hall–Kier alpha value is -3.76. The van der Waals surface area contributed by atoms with E-state index in [1.54, 1.807) is 30.9 Å². The third-order valence-electron chi connectivity index (χ3n) is 7.18. The summed E-state index contributed by atoms with van der Waals surface area (Å²) >= 11 is 1.70. The number of allylic oxidation sites excluding steroid dienone is 1. The van der Waals surface area contributed by atoms with Gasteiger partial charge in [-0.3, -0.25) is 4.79 Å². The Kier molecular flexibility index (Phi) is 10.3. The van der Waals surface area contributed by atoms with Crippen LogP contribution in [0.4, 0.5) is 11.5 Å². The molecular formula is C33H40N4O2S. The van der Waals surface area contributed by atoms with Crippen molar-refractivity contribution in [3.63, 3.8) is 0 Å².